The summed E-state index contributed by atoms with van der Waals surface area (Å²) in [6, 6.07) is 0.226. The van der Waals surface area contributed by atoms with Crippen LogP contribution >= 0.6 is 0 Å². The molecule has 5 nitrogen and oxygen atoms in total. The smallest absolute Gasteiger partial charge is 0.303 e. The molecule has 21 heavy (non-hydrogen) atoms. The molecule has 1 aliphatic heterocycles. The maximum atomic E-state index is 12.0. The number of carbonyl (C=O) groups excluding carboxylic acids is 1. The topological polar surface area (TPSA) is 69.6 Å². The van der Waals surface area contributed by atoms with Gasteiger partial charge in [-0.05, 0) is 38.6 Å². The molecule has 0 spiro atoms. The summed E-state index contributed by atoms with van der Waals surface area (Å²) in [4.78, 5) is 24.9. The number of hydrogen-bond acceptors (Lipinski definition) is 3. The SMILES string of the molecule is CCCCCC(C)NC(=O)CN1CCCC(CC(=O)O)C1. The Hall–Kier alpha value is -1.10. The van der Waals surface area contributed by atoms with Gasteiger partial charge in [0.25, 0.3) is 0 Å². The van der Waals surface area contributed by atoms with Crippen molar-refractivity contribution < 1.29 is 14.7 Å². The number of aliphatic carboxylic acids is 1. The molecule has 0 saturated carbocycles. The van der Waals surface area contributed by atoms with Gasteiger partial charge in [0.05, 0.1) is 6.54 Å². The number of hydrogen-bond donors (Lipinski definition) is 2. The fraction of sp³-hybridized carbons (Fsp3) is 0.875. The molecule has 1 rings (SSSR count). The van der Waals surface area contributed by atoms with Gasteiger partial charge in [-0.25, -0.2) is 0 Å². The fourth-order valence-electron chi connectivity index (χ4n) is 3.00. The van der Waals surface area contributed by atoms with Crippen LogP contribution in [0.2, 0.25) is 0 Å². The van der Waals surface area contributed by atoms with Gasteiger partial charge in [0.1, 0.15) is 0 Å². The predicted molar refractivity (Wildman–Crippen MR) is 83.2 cm³/mol. The molecule has 1 heterocycles. The van der Waals surface area contributed by atoms with Gasteiger partial charge in [-0.2, -0.15) is 0 Å². The number of rotatable bonds is 9. The standard InChI is InChI=1S/C16H30N2O3/c1-3-4-5-7-13(2)17-15(19)12-18-9-6-8-14(11-18)10-16(20)21/h13-14H,3-12H2,1-2H3,(H,17,19)(H,20,21). The second-order valence-corrected chi connectivity index (χ2v) is 6.31. The van der Waals surface area contributed by atoms with E-state index in [1.165, 1.54) is 12.8 Å². The van der Waals surface area contributed by atoms with Crippen LogP contribution in [0.4, 0.5) is 0 Å². The molecule has 0 aromatic heterocycles. The molecule has 1 saturated heterocycles. The van der Waals surface area contributed by atoms with Crippen LogP contribution in [0.15, 0.2) is 0 Å². The second kappa shape index (κ2) is 9.77. The van der Waals surface area contributed by atoms with Gasteiger partial charge in [0.2, 0.25) is 5.91 Å². The van der Waals surface area contributed by atoms with Gasteiger partial charge < -0.3 is 10.4 Å². The van der Waals surface area contributed by atoms with E-state index in [0.29, 0.717) is 6.54 Å². The third-order valence-corrected chi connectivity index (χ3v) is 4.08. The first-order valence-electron chi connectivity index (χ1n) is 8.24. The van der Waals surface area contributed by atoms with E-state index in [4.69, 9.17) is 5.11 Å². The van der Waals surface area contributed by atoms with Gasteiger partial charge in [0.15, 0.2) is 0 Å². The lowest BCUT2D eigenvalue weighted by atomic mass is 9.95. The van der Waals surface area contributed by atoms with Crippen LogP contribution in [-0.4, -0.2) is 47.6 Å². The Labute approximate surface area is 128 Å². The molecule has 1 aliphatic rings. The van der Waals surface area contributed by atoms with E-state index in [0.717, 1.165) is 38.8 Å². The highest BCUT2D eigenvalue weighted by Gasteiger charge is 2.23. The van der Waals surface area contributed by atoms with Crippen molar-refractivity contribution in [3.63, 3.8) is 0 Å². The lowest BCUT2D eigenvalue weighted by Crippen LogP contribution is -2.45. The third-order valence-electron chi connectivity index (χ3n) is 4.08. The summed E-state index contributed by atoms with van der Waals surface area (Å²) in [6.07, 6.45) is 6.74. The van der Waals surface area contributed by atoms with Crippen molar-refractivity contribution in [3.05, 3.63) is 0 Å². The molecule has 0 radical (unpaired) electrons. The Morgan fingerprint density at radius 2 is 2.14 bits per heavy atom. The quantitative estimate of drug-likeness (QED) is 0.641. The summed E-state index contributed by atoms with van der Waals surface area (Å²) >= 11 is 0. The minimum atomic E-state index is -0.740. The maximum Gasteiger partial charge on any atom is 0.303 e. The zero-order valence-corrected chi connectivity index (χ0v) is 13.4. The lowest BCUT2D eigenvalue weighted by Gasteiger charge is -2.31. The summed E-state index contributed by atoms with van der Waals surface area (Å²) in [7, 11) is 0. The third kappa shape index (κ3) is 8.05. The summed E-state index contributed by atoms with van der Waals surface area (Å²) < 4.78 is 0. The number of nitrogens with zero attached hydrogens (tertiary/aromatic N) is 1. The summed E-state index contributed by atoms with van der Waals surface area (Å²) in [5.74, 6) is -0.489. The minimum absolute atomic E-state index is 0.0648. The molecule has 122 valence electrons. The number of likely N-dealkylation sites (tertiary alicyclic amines) is 1. The number of carboxylic acids is 1. The minimum Gasteiger partial charge on any atom is -0.481 e. The van der Waals surface area contributed by atoms with Crippen molar-refractivity contribution in [1.29, 1.82) is 0 Å². The number of piperidine rings is 1. The van der Waals surface area contributed by atoms with Gasteiger partial charge in [-0.1, -0.05) is 26.2 Å². The molecule has 1 fully saturated rings. The summed E-state index contributed by atoms with van der Waals surface area (Å²) in [5, 5.41) is 11.9. The average molecular weight is 298 g/mol. The molecule has 5 heteroatoms. The first-order chi connectivity index (χ1) is 10.0. The fourth-order valence-corrected chi connectivity index (χ4v) is 3.00. The zero-order chi connectivity index (χ0) is 15.7. The van der Waals surface area contributed by atoms with Crippen LogP contribution in [0.1, 0.15) is 58.8 Å². The van der Waals surface area contributed by atoms with Crippen LogP contribution in [0, 0.1) is 5.92 Å². The van der Waals surface area contributed by atoms with Crippen molar-refractivity contribution in [2.75, 3.05) is 19.6 Å². The molecule has 2 N–H and O–H groups in total. The lowest BCUT2D eigenvalue weighted by molar-refractivity contribution is -0.138. The van der Waals surface area contributed by atoms with Gasteiger partial charge >= 0.3 is 5.97 Å². The monoisotopic (exact) mass is 298 g/mol. The van der Waals surface area contributed by atoms with Crippen molar-refractivity contribution >= 4 is 11.9 Å². The van der Waals surface area contributed by atoms with Crippen LogP contribution < -0.4 is 5.32 Å². The zero-order valence-electron chi connectivity index (χ0n) is 13.4. The predicted octanol–water partition coefficient (Wildman–Crippen LogP) is 2.26. The molecule has 0 bridgehead atoms. The van der Waals surface area contributed by atoms with Gasteiger partial charge in [0, 0.05) is 19.0 Å². The van der Waals surface area contributed by atoms with E-state index in [2.05, 4.69) is 24.1 Å². The van der Waals surface area contributed by atoms with Crippen molar-refractivity contribution in [1.82, 2.24) is 10.2 Å². The van der Waals surface area contributed by atoms with Crippen molar-refractivity contribution in [2.24, 2.45) is 5.92 Å². The molecule has 1 amide bonds. The Morgan fingerprint density at radius 1 is 1.38 bits per heavy atom. The van der Waals surface area contributed by atoms with E-state index in [1.807, 2.05) is 0 Å². The number of nitrogens with one attached hydrogen (secondary N) is 1. The summed E-state index contributed by atoms with van der Waals surface area (Å²) in [5.41, 5.74) is 0. The van der Waals surface area contributed by atoms with Crippen LogP contribution in [0.25, 0.3) is 0 Å². The highest BCUT2D eigenvalue weighted by molar-refractivity contribution is 5.78. The molecule has 0 aromatic rings. The average Bonchev–Trinajstić information content (AvgIpc) is 2.38. The molecular weight excluding hydrogens is 268 g/mol. The molecule has 0 aliphatic carbocycles. The van der Waals surface area contributed by atoms with E-state index in [9.17, 15) is 9.59 Å². The van der Waals surface area contributed by atoms with Gasteiger partial charge in [-0.3, -0.25) is 14.5 Å². The number of carboxylic acid groups (broad SMARTS) is 1. The number of unbranched alkanes of at least 4 members (excludes halogenated alkanes) is 2. The molecule has 0 aromatic carbocycles. The van der Waals surface area contributed by atoms with E-state index >= 15 is 0 Å². The first kappa shape index (κ1) is 18.0. The summed E-state index contributed by atoms with van der Waals surface area (Å²) in [6.45, 7) is 6.25. The van der Waals surface area contributed by atoms with E-state index in [1.54, 1.807) is 0 Å². The largest absolute Gasteiger partial charge is 0.481 e. The molecular formula is C16H30N2O3. The molecule has 2 atom stereocenters. The Morgan fingerprint density at radius 3 is 2.81 bits per heavy atom. The van der Waals surface area contributed by atoms with Crippen LogP contribution in [-0.2, 0) is 9.59 Å². The van der Waals surface area contributed by atoms with Crippen molar-refractivity contribution in [3.8, 4) is 0 Å². The van der Waals surface area contributed by atoms with E-state index in [-0.39, 0.29) is 24.3 Å². The van der Waals surface area contributed by atoms with Gasteiger partial charge in [-0.15, -0.1) is 0 Å². The highest BCUT2D eigenvalue weighted by Crippen LogP contribution is 2.19. The Bertz CT molecular complexity index is 333. The molecule has 2 unspecified atom stereocenters. The van der Waals surface area contributed by atoms with Crippen LogP contribution in [0.3, 0.4) is 0 Å². The number of amides is 1. The second-order valence-electron chi connectivity index (χ2n) is 6.31. The van der Waals surface area contributed by atoms with Crippen molar-refractivity contribution in [2.45, 2.75) is 64.8 Å². The van der Waals surface area contributed by atoms with E-state index < -0.39 is 5.97 Å². The Balaban J connectivity index is 2.25. The first-order valence-corrected chi connectivity index (χ1v) is 8.24. The number of carbonyl (C=O) groups is 2. The van der Waals surface area contributed by atoms with Crippen LogP contribution in [0.5, 0.6) is 0 Å². The maximum absolute atomic E-state index is 12.0. The Kier molecular flexibility index (Phi) is 8.35. The highest BCUT2D eigenvalue weighted by atomic mass is 16.4. The normalized spacial score (nSPS) is 21.0.